The summed E-state index contributed by atoms with van der Waals surface area (Å²) in [7, 11) is 2.18. The SMILES string of the molecule is C1CC1.C=C(C)C1c2ccsc2CCN1C. The first-order valence-corrected chi connectivity index (χ1v) is 7.00. The van der Waals surface area contributed by atoms with Gasteiger partial charge in [-0.1, -0.05) is 31.4 Å². The van der Waals surface area contributed by atoms with Gasteiger partial charge in [0, 0.05) is 11.4 Å². The largest absolute Gasteiger partial charge is 0.295 e. The first-order chi connectivity index (χ1) is 7.70. The molecule has 1 aromatic rings. The van der Waals surface area contributed by atoms with Crippen molar-refractivity contribution in [1.29, 1.82) is 0 Å². The second kappa shape index (κ2) is 5.15. The number of nitrogens with zero attached hydrogens (tertiary/aromatic N) is 1. The van der Waals surface area contributed by atoms with Crippen molar-refractivity contribution in [1.82, 2.24) is 4.90 Å². The molecule has 1 unspecified atom stereocenters. The maximum Gasteiger partial charge on any atom is 0.0564 e. The van der Waals surface area contributed by atoms with E-state index in [9.17, 15) is 0 Å². The van der Waals surface area contributed by atoms with Crippen LogP contribution in [0.2, 0.25) is 0 Å². The molecule has 1 aromatic heterocycles. The quantitative estimate of drug-likeness (QED) is 0.664. The van der Waals surface area contributed by atoms with Crippen molar-refractivity contribution >= 4 is 11.3 Å². The fourth-order valence-corrected chi connectivity index (χ4v) is 2.99. The van der Waals surface area contributed by atoms with Crippen molar-refractivity contribution in [2.75, 3.05) is 13.6 Å². The number of hydrogen-bond acceptors (Lipinski definition) is 2. The summed E-state index contributed by atoms with van der Waals surface area (Å²) in [5, 5.41) is 2.19. The lowest BCUT2D eigenvalue weighted by atomic mass is 9.96. The predicted octanol–water partition coefficient (Wildman–Crippen LogP) is 4.02. The van der Waals surface area contributed by atoms with Crippen LogP contribution in [0.3, 0.4) is 0 Å². The molecule has 0 spiro atoms. The van der Waals surface area contributed by atoms with Crippen molar-refractivity contribution in [2.45, 2.75) is 38.6 Å². The summed E-state index contributed by atoms with van der Waals surface area (Å²) < 4.78 is 0. The van der Waals surface area contributed by atoms with E-state index in [2.05, 4.69) is 36.9 Å². The Morgan fingerprint density at radius 3 is 2.69 bits per heavy atom. The number of hydrogen-bond donors (Lipinski definition) is 0. The molecule has 16 heavy (non-hydrogen) atoms. The number of thiophene rings is 1. The van der Waals surface area contributed by atoms with E-state index in [-0.39, 0.29) is 0 Å². The van der Waals surface area contributed by atoms with Gasteiger partial charge in [0.05, 0.1) is 6.04 Å². The Labute approximate surface area is 103 Å². The molecule has 1 atom stereocenters. The molecule has 0 radical (unpaired) electrons. The number of likely N-dealkylation sites (N-methyl/N-ethyl adjacent to an activating group) is 1. The van der Waals surface area contributed by atoms with Gasteiger partial charge in [-0.3, -0.25) is 4.90 Å². The Bertz CT molecular complexity index is 362. The van der Waals surface area contributed by atoms with Gasteiger partial charge in [0.15, 0.2) is 0 Å². The summed E-state index contributed by atoms with van der Waals surface area (Å²) >= 11 is 1.88. The van der Waals surface area contributed by atoms with Crippen LogP contribution in [0.5, 0.6) is 0 Å². The van der Waals surface area contributed by atoms with E-state index in [1.54, 1.807) is 4.88 Å². The van der Waals surface area contributed by atoms with E-state index in [0.29, 0.717) is 6.04 Å². The molecule has 3 rings (SSSR count). The minimum atomic E-state index is 0.454. The average Bonchev–Trinajstić information content (AvgIpc) is 3.04. The van der Waals surface area contributed by atoms with Gasteiger partial charge in [-0.05, 0) is 37.4 Å². The van der Waals surface area contributed by atoms with E-state index in [0.717, 1.165) is 6.54 Å². The lowest BCUT2D eigenvalue weighted by Gasteiger charge is -2.33. The van der Waals surface area contributed by atoms with Crippen molar-refractivity contribution in [3.05, 3.63) is 34.0 Å². The third kappa shape index (κ3) is 2.74. The zero-order valence-corrected chi connectivity index (χ0v) is 11.1. The molecular weight excluding hydrogens is 214 g/mol. The van der Waals surface area contributed by atoms with Crippen molar-refractivity contribution in [3.63, 3.8) is 0 Å². The van der Waals surface area contributed by atoms with Gasteiger partial charge in [-0.25, -0.2) is 0 Å². The Morgan fingerprint density at radius 2 is 2.12 bits per heavy atom. The monoisotopic (exact) mass is 235 g/mol. The van der Waals surface area contributed by atoms with Gasteiger partial charge in [0.2, 0.25) is 0 Å². The lowest BCUT2D eigenvalue weighted by Crippen LogP contribution is -2.31. The third-order valence-electron chi connectivity index (χ3n) is 3.03. The Balaban J connectivity index is 0.000000278. The number of rotatable bonds is 1. The van der Waals surface area contributed by atoms with E-state index < -0.39 is 0 Å². The molecule has 0 amide bonds. The standard InChI is InChI=1S/C11H15NS.C3H6/c1-8(2)11-9-5-7-13-10(9)4-6-12(11)3;1-2-3-1/h5,7,11H,1,4,6H2,2-3H3;1-3H2. The van der Waals surface area contributed by atoms with Crippen LogP contribution in [-0.2, 0) is 6.42 Å². The van der Waals surface area contributed by atoms with Crippen LogP contribution in [0.4, 0.5) is 0 Å². The van der Waals surface area contributed by atoms with E-state index in [1.165, 1.54) is 36.8 Å². The topological polar surface area (TPSA) is 3.24 Å². The Kier molecular flexibility index (Phi) is 3.82. The lowest BCUT2D eigenvalue weighted by molar-refractivity contribution is 0.264. The molecule has 0 saturated heterocycles. The van der Waals surface area contributed by atoms with Crippen LogP contribution < -0.4 is 0 Å². The molecular formula is C14H21NS. The summed E-state index contributed by atoms with van der Waals surface area (Å²) in [4.78, 5) is 3.93. The molecule has 0 bridgehead atoms. The third-order valence-corrected chi connectivity index (χ3v) is 4.02. The second-order valence-electron chi connectivity index (χ2n) is 4.84. The van der Waals surface area contributed by atoms with Crippen LogP contribution in [0, 0.1) is 0 Å². The zero-order chi connectivity index (χ0) is 11.5. The molecule has 1 fully saturated rings. The molecule has 1 aliphatic carbocycles. The average molecular weight is 235 g/mol. The summed E-state index contributed by atoms with van der Waals surface area (Å²) in [6.45, 7) is 7.35. The van der Waals surface area contributed by atoms with Gasteiger partial charge < -0.3 is 0 Å². The van der Waals surface area contributed by atoms with Crippen LogP contribution in [0.25, 0.3) is 0 Å². The highest BCUT2D eigenvalue weighted by atomic mass is 32.1. The number of fused-ring (bicyclic) bond motifs is 1. The maximum atomic E-state index is 4.07. The van der Waals surface area contributed by atoms with E-state index in [4.69, 9.17) is 0 Å². The maximum absolute atomic E-state index is 4.07. The normalized spacial score (nSPS) is 23.0. The van der Waals surface area contributed by atoms with Crippen LogP contribution in [0.15, 0.2) is 23.6 Å². The Hall–Kier alpha value is -0.600. The highest BCUT2D eigenvalue weighted by molar-refractivity contribution is 7.10. The summed E-state index contributed by atoms with van der Waals surface area (Å²) in [5.41, 5.74) is 2.73. The molecule has 0 aromatic carbocycles. The predicted molar refractivity (Wildman–Crippen MR) is 72.1 cm³/mol. The van der Waals surface area contributed by atoms with Gasteiger partial charge in [0.1, 0.15) is 0 Å². The molecule has 1 aliphatic heterocycles. The van der Waals surface area contributed by atoms with Gasteiger partial charge in [0.25, 0.3) is 0 Å². The minimum Gasteiger partial charge on any atom is -0.295 e. The molecule has 2 aliphatic rings. The highest BCUT2D eigenvalue weighted by Gasteiger charge is 2.25. The zero-order valence-electron chi connectivity index (χ0n) is 10.3. The molecule has 1 nitrogen and oxygen atoms in total. The van der Waals surface area contributed by atoms with Crippen molar-refractivity contribution < 1.29 is 0 Å². The molecule has 2 heterocycles. The first kappa shape index (κ1) is 11.9. The Morgan fingerprint density at radius 1 is 1.44 bits per heavy atom. The van der Waals surface area contributed by atoms with Crippen LogP contribution in [-0.4, -0.2) is 18.5 Å². The molecule has 0 N–H and O–H groups in total. The van der Waals surface area contributed by atoms with Crippen LogP contribution >= 0.6 is 11.3 Å². The molecule has 1 saturated carbocycles. The summed E-state index contributed by atoms with van der Waals surface area (Å²) in [6, 6.07) is 2.70. The molecule has 2 heteroatoms. The van der Waals surface area contributed by atoms with Gasteiger partial charge in [-0.15, -0.1) is 11.3 Å². The smallest absolute Gasteiger partial charge is 0.0564 e. The summed E-state index contributed by atoms with van der Waals surface area (Å²) in [5.74, 6) is 0. The van der Waals surface area contributed by atoms with E-state index in [1.807, 2.05) is 11.3 Å². The van der Waals surface area contributed by atoms with Gasteiger partial charge >= 0.3 is 0 Å². The summed E-state index contributed by atoms with van der Waals surface area (Å²) in [6.07, 6.45) is 5.70. The molecule has 88 valence electrons. The fourth-order valence-electron chi connectivity index (χ4n) is 2.08. The first-order valence-electron chi connectivity index (χ1n) is 6.12. The second-order valence-corrected chi connectivity index (χ2v) is 5.84. The highest BCUT2D eigenvalue weighted by Crippen LogP contribution is 2.35. The van der Waals surface area contributed by atoms with Crippen LogP contribution in [0.1, 0.15) is 42.7 Å². The van der Waals surface area contributed by atoms with Crippen molar-refractivity contribution in [3.8, 4) is 0 Å². The minimum absolute atomic E-state index is 0.454. The van der Waals surface area contributed by atoms with E-state index >= 15 is 0 Å². The fraction of sp³-hybridized carbons (Fsp3) is 0.571. The van der Waals surface area contributed by atoms with Crippen molar-refractivity contribution in [2.24, 2.45) is 0 Å². The van der Waals surface area contributed by atoms with Gasteiger partial charge in [-0.2, -0.15) is 0 Å².